The number of rotatable bonds is 4. The van der Waals surface area contributed by atoms with Crippen molar-refractivity contribution in [3.8, 4) is 0 Å². The number of ether oxygens (including phenoxy) is 1. The van der Waals surface area contributed by atoms with E-state index < -0.39 is 12.0 Å². The lowest BCUT2D eigenvalue weighted by Crippen LogP contribution is -2.23. The maximum Gasteiger partial charge on any atom is 0.340 e. The molecule has 1 N–H and O–H groups in total. The van der Waals surface area contributed by atoms with Crippen LogP contribution in [0, 0.1) is 0 Å². The normalized spacial score (nSPS) is 11.9. The Bertz CT molecular complexity index is 884. The summed E-state index contributed by atoms with van der Waals surface area (Å²) in [6.07, 6.45) is 1.67. The van der Waals surface area contributed by atoms with E-state index in [1.807, 2.05) is 54.6 Å². The molecule has 0 fully saturated rings. The summed E-state index contributed by atoms with van der Waals surface area (Å²) in [5, 5.41) is 3.65. The number of nitrogens with zero attached hydrogens (tertiary/aromatic N) is 1. The lowest BCUT2D eigenvalue weighted by atomic mass is 10.2. The lowest BCUT2D eigenvalue weighted by Gasteiger charge is -2.15. The van der Waals surface area contributed by atoms with Crippen LogP contribution >= 0.6 is 0 Å². The van der Waals surface area contributed by atoms with E-state index in [0.29, 0.717) is 5.56 Å². The maximum atomic E-state index is 12.6. The number of hydrogen-bond donors (Lipinski definition) is 1. The van der Waals surface area contributed by atoms with E-state index in [1.165, 1.54) is 7.11 Å². The van der Waals surface area contributed by atoms with E-state index in [1.54, 1.807) is 17.7 Å². The molecule has 122 valence electrons. The van der Waals surface area contributed by atoms with Gasteiger partial charge in [-0.3, -0.25) is 4.79 Å². The van der Waals surface area contributed by atoms with Gasteiger partial charge in [0.2, 0.25) is 5.91 Å². The highest BCUT2D eigenvalue weighted by atomic mass is 16.5. The number of nitrogens with one attached hydrogen (secondary N) is 1. The van der Waals surface area contributed by atoms with Gasteiger partial charge in [0.25, 0.3) is 0 Å². The van der Waals surface area contributed by atoms with Gasteiger partial charge in [0.1, 0.15) is 6.04 Å². The second kappa shape index (κ2) is 6.58. The van der Waals surface area contributed by atoms with Gasteiger partial charge in [0, 0.05) is 22.8 Å². The Kier molecular flexibility index (Phi) is 4.33. The van der Waals surface area contributed by atoms with Crippen molar-refractivity contribution in [2.24, 2.45) is 0 Å². The number of carbonyl (C=O) groups excluding carboxylic acids is 2. The fourth-order valence-electron chi connectivity index (χ4n) is 2.69. The first-order chi connectivity index (χ1) is 11.6. The summed E-state index contributed by atoms with van der Waals surface area (Å²) in [4.78, 5) is 24.5. The lowest BCUT2D eigenvalue weighted by molar-refractivity contribution is -0.118. The van der Waals surface area contributed by atoms with Crippen LogP contribution in [-0.4, -0.2) is 23.6 Å². The monoisotopic (exact) mass is 322 g/mol. The first-order valence-corrected chi connectivity index (χ1v) is 7.65. The van der Waals surface area contributed by atoms with Gasteiger partial charge in [-0.1, -0.05) is 36.4 Å². The van der Waals surface area contributed by atoms with Crippen molar-refractivity contribution in [3.63, 3.8) is 0 Å². The molecule has 0 aliphatic carbocycles. The molecule has 1 atom stereocenters. The number of fused-ring (bicyclic) bond motifs is 1. The summed E-state index contributed by atoms with van der Waals surface area (Å²) in [6.45, 7) is 1.80. The second-order valence-electron chi connectivity index (χ2n) is 5.49. The number of anilines is 1. The number of benzene rings is 2. The largest absolute Gasteiger partial charge is 0.465 e. The van der Waals surface area contributed by atoms with Crippen molar-refractivity contribution in [2.45, 2.75) is 13.0 Å². The maximum absolute atomic E-state index is 12.6. The highest BCUT2D eigenvalue weighted by Crippen LogP contribution is 2.26. The van der Waals surface area contributed by atoms with Crippen molar-refractivity contribution in [1.82, 2.24) is 4.57 Å². The van der Waals surface area contributed by atoms with Crippen molar-refractivity contribution >= 4 is 28.5 Å². The Morgan fingerprint density at radius 1 is 1.04 bits per heavy atom. The molecule has 24 heavy (non-hydrogen) atoms. The molecule has 1 aromatic heterocycles. The minimum atomic E-state index is -0.478. The number of carbonyl (C=O) groups is 2. The van der Waals surface area contributed by atoms with Crippen LogP contribution in [0.1, 0.15) is 23.3 Å². The highest BCUT2D eigenvalue weighted by molar-refractivity contribution is 6.05. The zero-order valence-corrected chi connectivity index (χ0v) is 13.5. The summed E-state index contributed by atoms with van der Waals surface area (Å²) >= 11 is 0. The first-order valence-electron chi connectivity index (χ1n) is 7.65. The van der Waals surface area contributed by atoms with Gasteiger partial charge < -0.3 is 14.6 Å². The Morgan fingerprint density at radius 2 is 1.71 bits per heavy atom. The van der Waals surface area contributed by atoms with E-state index >= 15 is 0 Å². The predicted molar refractivity (Wildman–Crippen MR) is 93.1 cm³/mol. The molecule has 0 spiro atoms. The molecule has 0 aliphatic rings. The third-order valence-corrected chi connectivity index (χ3v) is 3.98. The molecule has 3 rings (SSSR count). The molecule has 0 bridgehead atoms. The van der Waals surface area contributed by atoms with E-state index in [4.69, 9.17) is 4.74 Å². The fourth-order valence-corrected chi connectivity index (χ4v) is 2.69. The average molecular weight is 322 g/mol. The molecule has 3 aromatic rings. The molecule has 1 heterocycles. The van der Waals surface area contributed by atoms with E-state index in [9.17, 15) is 9.59 Å². The van der Waals surface area contributed by atoms with Crippen LogP contribution in [-0.2, 0) is 9.53 Å². The molecule has 0 saturated heterocycles. The van der Waals surface area contributed by atoms with Crippen molar-refractivity contribution in [3.05, 3.63) is 66.4 Å². The molecule has 0 saturated carbocycles. The van der Waals surface area contributed by atoms with Gasteiger partial charge in [0.05, 0.1) is 12.7 Å². The predicted octanol–water partition coefficient (Wildman–Crippen LogP) is 3.63. The molecule has 1 amide bonds. The zero-order valence-electron chi connectivity index (χ0n) is 13.5. The van der Waals surface area contributed by atoms with E-state index in [-0.39, 0.29) is 5.91 Å². The van der Waals surface area contributed by atoms with Gasteiger partial charge in [-0.15, -0.1) is 0 Å². The first kappa shape index (κ1) is 15.8. The van der Waals surface area contributed by atoms with Gasteiger partial charge in [-0.05, 0) is 25.1 Å². The van der Waals surface area contributed by atoms with Gasteiger partial charge in [-0.2, -0.15) is 0 Å². The molecule has 0 aliphatic heterocycles. The number of methoxy groups -OCH3 is 1. The number of aromatic nitrogens is 1. The SMILES string of the molecule is COC(=O)c1cn([C@H](C)C(=O)Nc2ccccc2)c2ccccc12. The Balaban J connectivity index is 1.96. The van der Waals surface area contributed by atoms with Gasteiger partial charge >= 0.3 is 5.97 Å². The molecule has 5 heteroatoms. The Morgan fingerprint density at radius 3 is 2.42 bits per heavy atom. The molecule has 2 aromatic carbocycles. The van der Waals surface area contributed by atoms with Crippen LogP contribution in [0.15, 0.2) is 60.8 Å². The Hall–Kier alpha value is -3.08. The summed E-state index contributed by atoms with van der Waals surface area (Å²) in [5.74, 6) is -0.570. The summed E-state index contributed by atoms with van der Waals surface area (Å²) in [6, 6.07) is 16.3. The summed E-state index contributed by atoms with van der Waals surface area (Å²) in [7, 11) is 1.35. The van der Waals surface area contributed by atoms with Crippen LogP contribution in [0.25, 0.3) is 10.9 Å². The minimum absolute atomic E-state index is 0.154. The third kappa shape index (κ3) is 2.88. The van der Waals surface area contributed by atoms with Gasteiger partial charge in [0.15, 0.2) is 0 Å². The van der Waals surface area contributed by atoms with Crippen LogP contribution in [0.2, 0.25) is 0 Å². The van der Waals surface area contributed by atoms with Crippen LogP contribution in [0.3, 0.4) is 0 Å². The average Bonchev–Trinajstić information content (AvgIpc) is 3.01. The minimum Gasteiger partial charge on any atom is -0.465 e. The van der Waals surface area contributed by atoms with Crippen LogP contribution in [0.5, 0.6) is 0 Å². The van der Waals surface area contributed by atoms with E-state index in [2.05, 4.69) is 5.32 Å². The number of esters is 1. The Labute approximate surface area is 139 Å². The second-order valence-corrected chi connectivity index (χ2v) is 5.49. The molecule has 5 nitrogen and oxygen atoms in total. The van der Waals surface area contributed by atoms with Crippen molar-refractivity contribution < 1.29 is 14.3 Å². The molecule has 0 radical (unpaired) electrons. The summed E-state index contributed by atoms with van der Waals surface area (Å²) < 4.78 is 6.63. The number of amides is 1. The fraction of sp³-hybridized carbons (Fsp3) is 0.158. The van der Waals surface area contributed by atoms with Crippen molar-refractivity contribution in [1.29, 1.82) is 0 Å². The van der Waals surface area contributed by atoms with Gasteiger partial charge in [-0.25, -0.2) is 4.79 Å². The highest BCUT2D eigenvalue weighted by Gasteiger charge is 2.21. The van der Waals surface area contributed by atoms with Crippen LogP contribution in [0.4, 0.5) is 5.69 Å². The molecule has 0 unspecified atom stereocenters. The topological polar surface area (TPSA) is 60.3 Å². The third-order valence-electron chi connectivity index (χ3n) is 3.98. The zero-order chi connectivity index (χ0) is 17.1. The number of hydrogen-bond acceptors (Lipinski definition) is 3. The summed E-state index contributed by atoms with van der Waals surface area (Å²) in [5.41, 5.74) is 2.00. The van der Waals surface area contributed by atoms with Crippen LogP contribution < -0.4 is 5.32 Å². The molecular formula is C19H18N2O3. The smallest absolute Gasteiger partial charge is 0.340 e. The van der Waals surface area contributed by atoms with E-state index in [0.717, 1.165) is 16.6 Å². The standard InChI is InChI=1S/C19H18N2O3/c1-13(18(22)20-14-8-4-3-5-9-14)21-12-16(19(23)24-2)15-10-6-7-11-17(15)21/h3-13H,1-2H3,(H,20,22)/t13-/m1/s1. The quantitative estimate of drug-likeness (QED) is 0.746. The number of para-hydroxylation sites is 2. The molecular weight excluding hydrogens is 304 g/mol. The van der Waals surface area contributed by atoms with Crippen molar-refractivity contribution in [2.75, 3.05) is 12.4 Å².